The highest BCUT2D eigenvalue weighted by Crippen LogP contribution is 2.21. The van der Waals surface area contributed by atoms with Crippen molar-refractivity contribution in [3.05, 3.63) is 65.9 Å². The van der Waals surface area contributed by atoms with Crippen molar-refractivity contribution in [1.29, 1.82) is 0 Å². The molecule has 0 atom stereocenters. The molecule has 0 unspecified atom stereocenters. The molecule has 3 aromatic rings. The first kappa shape index (κ1) is 17.5. The molecule has 0 saturated heterocycles. The van der Waals surface area contributed by atoms with Crippen LogP contribution in [0, 0.1) is 6.92 Å². The van der Waals surface area contributed by atoms with Crippen LogP contribution in [0.4, 0.5) is 4.79 Å². The molecule has 0 aliphatic carbocycles. The Balaban J connectivity index is 1.74. The summed E-state index contributed by atoms with van der Waals surface area (Å²) in [5.41, 5.74) is 5.41. The monoisotopic (exact) mass is 351 g/mol. The zero-order valence-electron chi connectivity index (χ0n) is 14.8. The van der Waals surface area contributed by atoms with Gasteiger partial charge in [-0.15, -0.1) is 0 Å². The molecule has 0 radical (unpaired) electrons. The first-order valence-corrected chi connectivity index (χ1v) is 8.32. The van der Waals surface area contributed by atoms with E-state index in [0.717, 1.165) is 27.8 Å². The Morgan fingerprint density at radius 3 is 2.77 bits per heavy atom. The third-order valence-electron chi connectivity index (χ3n) is 4.05. The number of para-hydroxylation sites is 2. The topological polar surface area (TPSA) is 64.8 Å². The van der Waals surface area contributed by atoms with Crippen molar-refractivity contribution < 1.29 is 14.3 Å². The van der Waals surface area contributed by atoms with Gasteiger partial charge in [-0.2, -0.15) is 5.10 Å². The molecule has 1 aromatic heterocycles. The van der Waals surface area contributed by atoms with Gasteiger partial charge in [0.2, 0.25) is 0 Å². The van der Waals surface area contributed by atoms with Gasteiger partial charge in [0.25, 0.3) is 0 Å². The molecule has 6 heteroatoms. The van der Waals surface area contributed by atoms with Crippen LogP contribution in [0.25, 0.3) is 10.9 Å². The van der Waals surface area contributed by atoms with E-state index in [-0.39, 0.29) is 0 Å². The van der Waals surface area contributed by atoms with E-state index in [2.05, 4.69) is 19.8 Å². The number of carbonyl (C=O) groups excluding carboxylic acids is 1. The van der Waals surface area contributed by atoms with Gasteiger partial charge < -0.3 is 14.0 Å². The zero-order chi connectivity index (χ0) is 18.4. The summed E-state index contributed by atoms with van der Waals surface area (Å²) in [6.07, 6.45) is 3.00. The van der Waals surface area contributed by atoms with E-state index in [1.165, 1.54) is 7.11 Å². The Morgan fingerprint density at radius 1 is 1.19 bits per heavy atom. The van der Waals surface area contributed by atoms with Crippen molar-refractivity contribution in [3.8, 4) is 5.75 Å². The van der Waals surface area contributed by atoms with Crippen LogP contribution in [0.1, 0.15) is 11.1 Å². The number of nitrogens with one attached hydrogen (secondary N) is 1. The molecule has 0 aliphatic rings. The Kier molecular flexibility index (Phi) is 5.53. The zero-order valence-corrected chi connectivity index (χ0v) is 14.8. The molecule has 1 heterocycles. The summed E-state index contributed by atoms with van der Waals surface area (Å²) >= 11 is 0. The highest BCUT2D eigenvalue weighted by atomic mass is 16.5. The van der Waals surface area contributed by atoms with E-state index in [1.807, 2.05) is 61.7 Å². The number of hydrazone groups is 1. The lowest BCUT2D eigenvalue weighted by molar-refractivity contribution is 0.171. The molecule has 0 saturated carbocycles. The first-order chi connectivity index (χ1) is 12.7. The lowest BCUT2D eigenvalue weighted by Gasteiger charge is -2.10. The molecule has 0 aliphatic heterocycles. The molecule has 134 valence electrons. The maximum absolute atomic E-state index is 11.1. The second-order valence-corrected chi connectivity index (χ2v) is 5.77. The normalized spacial score (nSPS) is 11.0. The summed E-state index contributed by atoms with van der Waals surface area (Å²) in [7, 11) is 1.30. The van der Waals surface area contributed by atoms with Gasteiger partial charge in [-0.25, -0.2) is 10.2 Å². The molecule has 26 heavy (non-hydrogen) atoms. The molecule has 0 fully saturated rings. The Labute approximate surface area is 152 Å². The van der Waals surface area contributed by atoms with Crippen LogP contribution in [0.3, 0.4) is 0 Å². The number of carbonyl (C=O) groups is 1. The summed E-state index contributed by atoms with van der Waals surface area (Å²) in [5.74, 6) is 0.896. The van der Waals surface area contributed by atoms with Crippen LogP contribution < -0.4 is 10.2 Å². The number of fused-ring (bicyclic) bond motifs is 1. The third kappa shape index (κ3) is 4.03. The van der Waals surface area contributed by atoms with Crippen molar-refractivity contribution in [3.63, 3.8) is 0 Å². The van der Waals surface area contributed by atoms with Gasteiger partial charge in [0, 0.05) is 22.7 Å². The molecule has 2 aromatic carbocycles. The fourth-order valence-corrected chi connectivity index (χ4v) is 2.74. The molecule has 0 bridgehead atoms. The fourth-order valence-electron chi connectivity index (χ4n) is 2.74. The predicted molar refractivity (Wildman–Crippen MR) is 102 cm³/mol. The van der Waals surface area contributed by atoms with Gasteiger partial charge in [0.1, 0.15) is 12.4 Å². The third-order valence-corrected chi connectivity index (χ3v) is 4.05. The smallest absolute Gasteiger partial charge is 0.427 e. The Bertz CT molecular complexity index is 931. The Hall–Kier alpha value is -3.28. The van der Waals surface area contributed by atoms with Crippen molar-refractivity contribution in [1.82, 2.24) is 9.99 Å². The largest absolute Gasteiger partial charge is 0.491 e. The number of aryl methyl sites for hydroxylation is 1. The molecule has 1 N–H and O–H groups in total. The number of ether oxygens (including phenoxy) is 2. The maximum atomic E-state index is 11.1. The maximum Gasteiger partial charge on any atom is 0.427 e. The van der Waals surface area contributed by atoms with Gasteiger partial charge in [-0.1, -0.05) is 36.4 Å². The number of nitrogens with zero attached hydrogens (tertiary/aromatic N) is 2. The van der Waals surface area contributed by atoms with Crippen LogP contribution >= 0.6 is 0 Å². The number of hydrogen-bond donors (Lipinski definition) is 1. The van der Waals surface area contributed by atoms with Gasteiger partial charge in [-0.3, -0.25) is 0 Å². The average molecular weight is 351 g/mol. The number of benzene rings is 2. The molecule has 1 amide bonds. The van der Waals surface area contributed by atoms with Crippen LogP contribution in [0.5, 0.6) is 5.75 Å². The van der Waals surface area contributed by atoms with Crippen LogP contribution in [-0.4, -0.2) is 30.6 Å². The van der Waals surface area contributed by atoms with Crippen LogP contribution in [0.15, 0.2) is 59.8 Å². The minimum absolute atomic E-state index is 0.556. The fraction of sp³-hybridized carbons (Fsp3) is 0.200. The lowest BCUT2D eigenvalue weighted by atomic mass is 10.2. The van der Waals surface area contributed by atoms with Crippen molar-refractivity contribution in [2.24, 2.45) is 5.10 Å². The average Bonchev–Trinajstić information content (AvgIpc) is 3.01. The van der Waals surface area contributed by atoms with Crippen LogP contribution in [-0.2, 0) is 11.3 Å². The number of rotatable bonds is 6. The highest BCUT2D eigenvalue weighted by molar-refractivity contribution is 5.99. The van der Waals surface area contributed by atoms with E-state index in [0.29, 0.717) is 13.2 Å². The van der Waals surface area contributed by atoms with Gasteiger partial charge in [-0.05, 0) is 24.6 Å². The molecular formula is C20H21N3O3. The van der Waals surface area contributed by atoms with E-state index < -0.39 is 6.09 Å². The van der Waals surface area contributed by atoms with Crippen molar-refractivity contribution >= 4 is 23.2 Å². The first-order valence-electron chi connectivity index (χ1n) is 8.32. The summed E-state index contributed by atoms with van der Waals surface area (Å²) in [5, 5.41) is 4.98. The number of aromatic nitrogens is 1. The predicted octanol–water partition coefficient (Wildman–Crippen LogP) is 3.72. The molecule has 6 nitrogen and oxygen atoms in total. The van der Waals surface area contributed by atoms with Gasteiger partial charge >= 0.3 is 6.09 Å². The lowest BCUT2D eigenvalue weighted by Crippen LogP contribution is -2.16. The van der Waals surface area contributed by atoms with E-state index in [4.69, 9.17) is 4.74 Å². The summed E-state index contributed by atoms with van der Waals surface area (Å²) < 4.78 is 12.5. The van der Waals surface area contributed by atoms with E-state index in [9.17, 15) is 4.79 Å². The van der Waals surface area contributed by atoms with Gasteiger partial charge in [0.15, 0.2) is 0 Å². The van der Waals surface area contributed by atoms with Crippen LogP contribution in [0.2, 0.25) is 0 Å². The number of hydrogen-bond acceptors (Lipinski definition) is 4. The second-order valence-electron chi connectivity index (χ2n) is 5.77. The molecule has 0 spiro atoms. The quantitative estimate of drug-likeness (QED) is 0.544. The second kappa shape index (κ2) is 8.20. The number of methoxy groups -OCH3 is 1. The summed E-state index contributed by atoms with van der Waals surface area (Å²) in [4.78, 5) is 11.1. The minimum Gasteiger partial charge on any atom is -0.491 e. The SMILES string of the molecule is COC(=O)N/N=C/c1cn(CCOc2ccccc2C)c2ccccc12. The van der Waals surface area contributed by atoms with Crippen molar-refractivity contribution in [2.75, 3.05) is 13.7 Å². The molecule has 3 rings (SSSR count). The standard InChI is InChI=1S/C20H21N3O3/c1-15-7-3-6-10-19(15)26-12-11-23-14-16(13-21-22-20(24)25-2)17-8-4-5-9-18(17)23/h3-10,13-14H,11-12H2,1-2H3,(H,22,24)/b21-13+. The minimum atomic E-state index is -0.600. The highest BCUT2D eigenvalue weighted by Gasteiger charge is 2.07. The van der Waals surface area contributed by atoms with E-state index >= 15 is 0 Å². The molecular weight excluding hydrogens is 330 g/mol. The Morgan fingerprint density at radius 2 is 1.96 bits per heavy atom. The van der Waals surface area contributed by atoms with Crippen molar-refractivity contribution in [2.45, 2.75) is 13.5 Å². The van der Waals surface area contributed by atoms with Gasteiger partial charge in [0.05, 0.1) is 19.9 Å². The number of amides is 1. The van der Waals surface area contributed by atoms with E-state index in [1.54, 1.807) is 6.21 Å². The summed E-state index contributed by atoms with van der Waals surface area (Å²) in [6.45, 7) is 3.29. The summed E-state index contributed by atoms with van der Waals surface area (Å²) in [6, 6.07) is 16.0.